The Bertz CT molecular complexity index is 796. The smallest absolute Gasteiger partial charge is 0.444 e. The van der Waals surface area contributed by atoms with Gasteiger partial charge in [-0.05, 0) is 65.6 Å². The maximum atomic E-state index is 12.1. The molecule has 0 aromatic heterocycles. The van der Waals surface area contributed by atoms with Crippen molar-refractivity contribution in [2.45, 2.75) is 65.3 Å². The Kier molecular flexibility index (Phi) is 6.50. The molecule has 1 saturated heterocycles. The third-order valence-electron chi connectivity index (χ3n) is 4.94. The molecule has 1 aromatic rings. The highest BCUT2D eigenvalue weighted by atomic mass is 16.7. The van der Waals surface area contributed by atoms with Crippen LogP contribution in [0.15, 0.2) is 29.7 Å². The number of rotatable bonds is 5. The van der Waals surface area contributed by atoms with Crippen molar-refractivity contribution in [3.8, 4) is 0 Å². The lowest BCUT2D eigenvalue weighted by molar-refractivity contribution is 0.00578. The van der Waals surface area contributed by atoms with Crippen LogP contribution < -0.4 is 11.1 Å². The van der Waals surface area contributed by atoms with Crippen molar-refractivity contribution in [1.82, 2.24) is 5.32 Å². The zero-order valence-electron chi connectivity index (χ0n) is 18.4. The number of ether oxygens (including phenoxy) is 1. The summed E-state index contributed by atoms with van der Waals surface area (Å²) in [6.07, 6.45) is 1.36. The molecule has 0 aliphatic carbocycles. The number of hydrogen-bond acceptors (Lipinski definition) is 5. The van der Waals surface area contributed by atoms with Gasteiger partial charge in [0.2, 0.25) is 0 Å². The van der Waals surface area contributed by atoms with Crippen molar-refractivity contribution >= 4 is 25.1 Å². The second kappa shape index (κ2) is 8.20. The fourth-order valence-corrected chi connectivity index (χ4v) is 2.70. The fraction of sp³-hybridized carbons (Fsp3) is 0.524. The lowest BCUT2D eigenvalue weighted by Crippen LogP contribution is -2.41. The van der Waals surface area contributed by atoms with Crippen LogP contribution in [0.3, 0.4) is 0 Å². The van der Waals surface area contributed by atoms with Gasteiger partial charge in [0.1, 0.15) is 11.4 Å². The highest BCUT2D eigenvalue weighted by molar-refractivity contribution is 6.56. The van der Waals surface area contributed by atoms with Crippen molar-refractivity contribution < 1.29 is 18.8 Å². The Morgan fingerprint density at radius 2 is 1.83 bits per heavy atom. The van der Waals surface area contributed by atoms with Crippen molar-refractivity contribution in [1.29, 1.82) is 5.41 Å². The molecule has 1 aromatic carbocycles. The number of nitrogens with two attached hydrogens (primary N) is 1. The first-order valence-electron chi connectivity index (χ1n) is 9.68. The Labute approximate surface area is 173 Å². The van der Waals surface area contributed by atoms with Crippen molar-refractivity contribution in [3.05, 3.63) is 40.9 Å². The minimum atomic E-state index is -0.629. The van der Waals surface area contributed by atoms with Crippen molar-refractivity contribution in [3.63, 3.8) is 0 Å². The molecule has 0 atom stereocenters. The molecular formula is C21H32BN3O4. The first-order valence-corrected chi connectivity index (χ1v) is 9.68. The molecule has 158 valence electrons. The maximum absolute atomic E-state index is 12.1. The molecule has 1 amide bonds. The van der Waals surface area contributed by atoms with Gasteiger partial charge in [0.05, 0.1) is 11.2 Å². The number of nitrogen functional groups attached to an aromatic ring is 1. The van der Waals surface area contributed by atoms with Gasteiger partial charge < -0.3 is 25.1 Å². The predicted octanol–water partition coefficient (Wildman–Crippen LogP) is 3.51. The molecule has 29 heavy (non-hydrogen) atoms. The number of nitrogens with one attached hydrogen (secondary N) is 2. The summed E-state index contributed by atoms with van der Waals surface area (Å²) in [5.41, 5.74) is 6.17. The summed E-state index contributed by atoms with van der Waals surface area (Å²) in [7, 11) is -0.629. The van der Waals surface area contributed by atoms with Gasteiger partial charge >= 0.3 is 13.2 Å². The average Bonchev–Trinajstić information content (AvgIpc) is 2.77. The first kappa shape index (κ1) is 23.0. The van der Waals surface area contributed by atoms with Crippen LogP contribution in [0.4, 0.5) is 4.79 Å². The van der Waals surface area contributed by atoms with E-state index in [1.54, 1.807) is 12.1 Å². The Morgan fingerprint density at radius 1 is 1.24 bits per heavy atom. The van der Waals surface area contributed by atoms with E-state index in [1.807, 2.05) is 66.7 Å². The Morgan fingerprint density at radius 3 is 2.34 bits per heavy atom. The summed E-state index contributed by atoms with van der Waals surface area (Å²) >= 11 is 0. The molecule has 1 heterocycles. The lowest BCUT2D eigenvalue weighted by atomic mass is 9.77. The molecule has 4 N–H and O–H groups in total. The largest absolute Gasteiger partial charge is 0.492 e. The van der Waals surface area contributed by atoms with E-state index in [0.29, 0.717) is 5.56 Å². The molecule has 1 aliphatic rings. The van der Waals surface area contributed by atoms with Gasteiger partial charge in [-0.1, -0.05) is 24.3 Å². The predicted molar refractivity (Wildman–Crippen MR) is 116 cm³/mol. The third kappa shape index (κ3) is 6.08. The number of amidine groups is 1. The summed E-state index contributed by atoms with van der Waals surface area (Å²) in [6, 6.07) is 7.30. The standard InChI is InChI=1S/C21H32BN3O4/c1-19(2,3)27-18(26)25-13-16(22-28-20(4,5)21(6,7)29-22)12-14-9-8-10-15(11-14)17(23)24/h8-12H,13H2,1-7H3,(H3,23,24)(H,25,26). The summed E-state index contributed by atoms with van der Waals surface area (Å²) in [5.74, 6) is -0.00990. The van der Waals surface area contributed by atoms with E-state index in [4.69, 9.17) is 25.2 Å². The fourth-order valence-electron chi connectivity index (χ4n) is 2.70. The van der Waals surface area contributed by atoms with Crippen LogP contribution >= 0.6 is 0 Å². The average molecular weight is 401 g/mol. The van der Waals surface area contributed by atoms with Crippen LogP contribution in [0.25, 0.3) is 6.08 Å². The summed E-state index contributed by atoms with van der Waals surface area (Å²) < 4.78 is 17.6. The number of carbonyl (C=O) groups is 1. The SMILES string of the molecule is CC(C)(C)OC(=O)NCC(=Cc1cccc(C(=N)N)c1)B1OC(C)(C)C(C)(C)O1. The quantitative estimate of drug-likeness (QED) is 0.398. The molecule has 1 aliphatic heterocycles. The van der Waals surface area contributed by atoms with Gasteiger partial charge in [0.25, 0.3) is 0 Å². The number of hydrogen-bond donors (Lipinski definition) is 3. The van der Waals surface area contributed by atoms with E-state index in [9.17, 15) is 4.79 Å². The number of amides is 1. The second-order valence-electron chi connectivity index (χ2n) is 9.20. The van der Waals surface area contributed by atoms with Gasteiger partial charge in [0, 0.05) is 12.1 Å². The van der Waals surface area contributed by atoms with E-state index < -0.39 is 30.0 Å². The number of benzene rings is 1. The molecule has 0 saturated carbocycles. The van der Waals surface area contributed by atoms with Gasteiger partial charge in [-0.15, -0.1) is 0 Å². The molecule has 8 heteroatoms. The molecule has 0 radical (unpaired) electrons. The number of alkyl carbamates (subject to hydrolysis) is 1. The van der Waals surface area contributed by atoms with E-state index in [0.717, 1.165) is 11.0 Å². The van der Waals surface area contributed by atoms with E-state index in [2.05, 4.69) is 5.32 Å². The lowest BCUT2D eigenvalue weighted by Gasteiger charge is -2.32. The molecule has 2 rings (SSSR count). The highest BCUT2D eigenvalue weighted by Crippen LogP contribution is 2.38. The molecule has 7 nitrogen and oxygen atoms in total. The number of carbonyl (C=O) groups excluding carboxylic acids is 1. The van der Waals surface area contributed by atoms with Gasteiger partial charge in [0.15, 0.2) is 0 Å². The van der Waals surface area contributed by atoms with E-state index >= 15 is 0 Å². The molecule has 0 unspecified atom stereocenters. The van der Waals surface area contributed by atoms with Crippen LogP contribution in [-0.2, 0) is 14.0 Å². The second-order valence-corrected chi connectivity index (χ2v) is 9.20. The van der Waals surface area contributed by atoms with Gasteiger partial charge in [-0.2, -0.15) is 0 Å². The highest BCUT2D eigenvalue weighted by Gasteiger charge is 2.52. The van der Waals surface area contributed by atoms with Crippen LogP contribution in [0.2, 0.25) is 0 Å². The van der Waals surface area contributed by atoms with E-state index in [-0.39, 0.29) is 12.4 Å². The summed E-state index contributed by atoms with van der Waals surface area (Å²) in [6.45, 7) is 13.5. The van der Waals surface area contributed by atoms with Crippen LogP contribution in [0, 0.1) is 5.41 Å². The zero-order valence-corrected chi connectivity index (χ0v) is 18.4. The maximum Gasteiger partial charge on any atom is 0.492 e. The Balaban J connectivity index is 2.30. The van der Waals surface area contributed by atoms with Crippen molar-refractivity contribution in [2.24, 2.45) is 5.73 Å². The first-order chi connectivity index (χ1) is 13.2. The van der Waals surface area contributed by atoms with Crippen LogP contribution in [0.1, 0.15) is 59.6 Å². The summed E-state index contributed by atoms with van der Waals surface area (Å²) in [4.78, 5) is 12.1. The Hall–Kier alpha value is -2.32. The topological polar surface area (TPSA) is 107 Å². The molecular weight excluding hydrogens is 369 g/mol. The minimum Gasteiger partial charge on any atom is -0.444 e. The van der Waals surface area contributed by atoms with Gasteiger partial charge in [-0.25, -0.2) is 4.79 Å². The van der Waals surface area contributed by atoms with Crippen LogP contribution in [-0.4, -0.2) is 42.4 Å². The molecule has 0 bridgehead atoms. The third-order valence-corrected chi connectivity index (χ3v) is 4.94. The molecule has 1 fully saturated rings. The molecule has 0 spiro atoms. The monoisotopic (exact) mass is 401 g/mol. The zero-order chi connectivity index (χ0) is 22.0. The minimum absolute atomic E-state index is 0.00990. The van der Waals surface area contributed by atoms with E-state index in [1.165, 1.54) is 0 Å². The normalized spacial score (nSPS) is 18.4. The van der Waals surface area contributed by atoms with Crippen molar-refractivity contribution in [2.75, 3.05) is 6.54 Å². The summed E-state index contributed by atoms with van der Waals surface area (Å²) in [5, 5.41) is 10.4. The van der Waals surface area contributed by atoms with Gasteiger partial charge in [-0.3, -0.25) is 5.41 Å². The van der Waals surface area contributed by atoms with Crippen LogP contribution in [0.5, 0.6) is 0 Å².